The van der Waals surface area contributed by atoms with E-state index in [2.05, 4.69) is 15.3 Å². The van der Waals surface area contributed by atoms with E-state index >= 15 is 0 Å². The van der Waals surface area contributed by atoms with E-state index in [9.17, 15) is 4.79 Å². The van der Waals surface area contributed by atoms with Gasteiger partial charge in [0.2, 0.25) is 0 Å². The van der Waals surface area contributed by atoms with E-state index in [1.165, 1.54) is 0 Å². The van der Waals surface area contributed by atoms with Gasteiger partial charge in [-0.2, -0.15) is 0 Å². The fraction of sp³-hybridized carbons (Fsp3) is 0.833. The molecule has 0 aliphatic rings. The van der Waals surface area contributed by atoms with Crippen LogP contribution < -0.4 is 5.32 Å². The molecule has 62 valence electrons. The van der Waals surface area contributed by atoms with Crippen molar-refractivity contribution in [3.63, 3.8) is 0 Å². The quantitative estimate of drug-likeness (QED) is 0.203. The number of rotatable bonds is 6. The lowest BCUT2D eigenvalue weighted by Gasteiger charge is -2.05. The van der Waals surface area contributed by atoms with Crippen molar-refractivity contribution in [1.82, 2.24) is 5.32 Å². The molecule has 0 bridgehead atoms. The number of aldehydes is 1. The molecule has 0 fully saturated rings. The summed E-state index contributed by atoms with van der Waals surface area (Å²) in [6.07, 6.45) is 2.32. The zero-order valence-electron chi connectivity index (χ0n) is 6.53. The smallest absolute Gasteiger partial charge is 0.136 e. The fourth-order valence-electron chi connectivity index (χ4n) is 0.707. The van der Waals surface area contributed by atoms with E-state index < -0.39 is 0 Å². The number of azide groups is 1. The van der Waals surface area contributed by atoms with Crippen molar-refractivity contribution < 1.29 is 4.79 Å². The van der Waals surface area contributed by atoms with Crippen LogP contribution in [0, 0.1) is 0 Å². The molecule has 0 heterocycles. The molecular formula is C6H12N4O. The third kappa shape index (κ3) is 5.39. The molecule has 0 saturated carbocycles. The molecule has 0 aromatic heterocycles. The SMILES string of the molecule is CN[C@@H](C=O)CCCN=[N+]=[N-]. The highest BCUT2D eigenvalue weighted by atomic mass is 16.1. The first kappa shape index (κ1) is 9.94. The van der Waals surface area contributed by atoms with Crippen molar-refractivity contribution >= 4 is 6.29 Å². The average Bonchev–Trinajstić information content (AvgIpc) is 2.05. The van der Waals surface area contributed by atoms with E-state index in [1.54, 1.807) is 7.05 Å². The summed E-state index contributed by atoms with van der Waals surface area (Å²) < 4.78 is 0. The monoisotopic (exact) mass is 156 g/mol. The van der Waals surface area contributed by atoms with Crippen LogP contribution >= 0.6 is 0 Å². The molecule has 0 spiro atoms. The number of nitrogens with zero attached hydrogens (tertiary/aromatic N) is 3. The third-order valence-electron chi connectivity index (χ3n) is 1.37. The molecular weight excluding hydrogens is 144 g/mol. The van der Waals surface area contributed by atoms with Crippen LogP contribution in [0.2, 0.25) is 0 Å². The molecule has 0 amide bonds. The lowest BCUT2D eigenvalue weighted by atomic mass is 10.2. The highest BCUT2D eigenvalue weighted by molar-refractivity contribution is 5.57. The maximum Gasteiger partial charge on any atom is 0.136 e. The van der Waals surface area contributed by atoms with Crippen molar-refractivity contribution in [2.75, 3.05) is 13.6 Å². The molecule has 0 rings (SSSR count). The van der Waals surface area contributed by atoms with E-state index in [4.69, 9.17) is 5.53 Å². The van der Waals surface area contributed by atoms with Gasteiger partial charge in [0.1, 0.15) is 6.29 Å². The van der Waals surface area contributed by atoms with Gasteiger partial charge in [0.25, 0.3) is 0 Å². The summed E-state index contributed by atoms with van der Waals surface area (Å²) in [4.78, 5) is 12.8. The number of hydrogen-bond acceptors (Lipinski definition) is 3. The lowest BCUT2D eigenvalue weighted by molar-refractivity contribution is -0.109. The van der Waals surface area contributed by atoms with Crippen LogP contribution in [-0.4, -0.2) is 25.9 Å². The molecule has 0 aromatic carbocycles. The second-order valence-corrected chi connectivity index (χ2v) is 2.13. The topological polar surface area (TPSA) is 77.9 Å². The third-order valence-corrected chi connectivity index (χ3v) is 1.37. The average molecular weight is 156 g/mol. The second-order valence-electron chi connectivity index (χ2n) is 2.13. The van der Waals surface area contributed by atoms with Gasteiger partial charge in [0.15, 0.2) is 0 Å². The second kappa shape index (κ2) is 7.05. The molecule has 0 unspecified atom stereocenters. The van der Waals surface area contributed by atoms with E-state index in [-0.39, 0.29) is 6.04 Å². The molecule has 5 heteroatoms. The number of hydrogen-bond donors (Lipinski definition) is 1. The van der Waals surface area contributed by atoms with Crippen molar-refractivity contribution in [3.8, 4) is 0 Å². The zero-order chi connectivity index (χ0) is 8.53. The predicted molar refractivity (Wildman–Crippen MR) is 42.2 cm³/mol. The molecule has 1 atom stereocenters. The molecule has 1 N–H and O–H groups in total. The Morgan fingerprint density at radius 2 is 2.55 bits per heavy atom. The maximum absolute atomic E-state index is 10.2. The van der Waals surface area contributed by atoms with Gasteiger partial charge in [0.05, 0.1) is 6.04 Å². The summed E-state index contributed by atoms with van der Waals surface area (Å²) >= 11 is 0. The fourth-order valence-corrected chi connectivity index (χ4v) is 0.707. The summed E-state index contributed by atoms with van der Waals surface area (Å²) in [7, 11) is 1.73. The van der Waals surface area contributed by atoms with Gasteiger partial charge in [-0.15, -0.1) is 0 Å². The number of carbonyl (C=O) groups is 1. The first-order chi connectivity index (χ1) is 5.35. The highest BCUT2D eigenvalue weighted by Crippen LogP contribution is 1.94. The van der Waals surface area contributed by atoms with Crippen molar-refractivity contribution in [2.24, 2.45) is 5.11 Å². The van der Waals surface area contributed by atoms with Crippen molar-refractivity contribution in [1.29, 1.82) is 0 Å². The summed E-state index contributed by atoms with van der Waals surface area (Å²) in [6, 6.07) is -0.108. The van der Waals surface area contributed by atoms with Crippen LogP contribution in [0.3, 0.4) is 0 Å². The van der Waals surface area contributed by atoms with E-state index in [0.29, 0.717) is 6.54 Å². The first-order valence-corrected chi connectivity index (χ1v) is 3.48. The highest BCUT2D eigenvalue weighted by Gasteiger charge is 2.00. The van der Waals surface area contributed by atoms with Crippen LogP contribution in [0.25, 0.3) is 10.4 Å². The minimum atomic E-state index is -0.108. The minimum absolute atomic E-state index is 0.108. The Morgan fingerprint density at radius 3 is 3.00 bits per heavy atom. The number of likely N-dealkylation sites (N-methyl/N-ethyl adjacent to an activating group) is 1. The van der Waals surface area contributed by atoms with Gasteiger partial charge in [-0.3, -0.25) is 0 Å². The van der Waals surface area contributed by atoms with Gasteiger partial charge < -0.3 is 10.1 Å². The Bertz CT molecular complexity index is 153. The van der Waals surface area contributed by atoms with Gasteiger partial charge in [0, 0.05) is 11.5 Å². The Labute approximate surface area is 65.4 Å². The number of carbonyl (C=O) groups excluding carboxylic acids is 1. The Balaban J connectivity index is 3.35. The first-order valence-electron chi connectivity index (χ1n) is 3.48. The Kier molecular flexibility index (Phi) is 6.37. The molecule has 0 aliphatic heterocycles. The maximum atomic E-state index is 10.2. The van der Waals surface area contributed by atoms with E-state index in [1.807, 2.05) is 0 Å². The van der Waals surface area contributed by atoms with Gasteiger partial charge >= 0.3 is 0 Å². The lowest BCUT2D eigenvalue weighted by Crippen LogP contribution is -2.26. The summed E-state index contributed by atoms with van der Waals surface area (Å²) in [5, 5.41) is 6.17. The standard InChI is InChI=1S/C6H12N4O/c1-8-6(5-11)3-2-4-9-10-7/h5-6,8H,2-4H2,1H3/t6-/m1/s1. The zero-order valence-corrected chi connectivity index (χ0v) is 6.53. The molecule has 0 aliphatic carbocycles. The van der Waals surface area contributed by atoms with E-state index in [0.717, 1.165) is 19.1 Å². The van der Waals surface area contributed by atoms with Crippen LogP contribution in [0.15, 0.2) is 5.11 Å². The number of nitrogens with one attached hydrogen (secondary N) is 1. The van der Waals surface area contributed by atoms with Crippen LogP contribution in [0.5, 0.6) is 0 Å². The minimum Gasteiger partial charge on any atom is -0.311 e. The van der Waals surface area contributed by atoms with Crippen molar-refractivity contribution in [3.05, 3.63) is 10.4 Å². The van der Waals surface area contributed by atoms with Gasteiger partial charge in [-0.05, 0) is 25.4 Å². The molecule has 0 aromatic rings. The van der Waals surface area contributed by atoms with Gasteiger partial charge in [-0.1, -0.05) is 5.11 Å². The van der Waals surface area contributed by atoms with Crippen molar-refractivity contribution in [2.45, 2.75) is 18.9 Å². The van der Waals surface area contributed by atoms with Gasteiger partial charge in [-0.25, -0.2) is 0 Å². The summed E-state index contributed by atoms with van der Waals surface area (Å²) in [6.45, 7) is 0.461. The normalized spacial score (nSPS) is 11.7. The Hall–Kier alpha value is -1.06. The summed E-state index contributed by atoms with van der Waals surface area (Å²) in [5.74, 6) is 0. The van der Waals surface area contributed by atoms with Crippen LogP contribution in [0.1, 0.15) is 12.8 Å². The predicted octanol–water partition coefficient (Wildman–Crippen LogP) is 0.864. The molecule has 0 radical (unpaired) electrons. The van der Waals surface area contributed by atoms with Crippen LogP contribution in [-0.2, 0) is 4.79 Å². The van der Waals surface area contributed by atoms with Crippen LogP contribution in [0.4, 0.5) is 0 Å². The molecule has 11 heavy (non-hydrogen) atoms. The Morgan fingerprint density at radius 1 is 1.82 bits per heavy atom. The summed E-state index contributed by atoms with van der Waals surface area (Å²) in [5.41, 5.74) is 7.92. The molecule has 0 saturated heterocycles. The largest absolute Gasteiger partial charge is 0.311 e. The molecule has 5 nitrogen and oxygen atoms in total.